The average molecular weight is 240 g/mol. The third-order valence-electron chi connectivity index (χ3n) is 2.61. The van der Waals surface area contributed by atoms with E-state index in [0.29, 0.717) is 11.7 Å². The molecule has 0 aliphatic rings. The molecule has 0 aliphatic heterocycles. The lowest BCUT2D eigenvalue weighted by molar-refractivity contribution is 0.669. The van der Waals surface area contributed by atoms with Crippen molar-refractivity contribution in [3.8, 4) is 0 Å². The van der Waals surface area contributed by atoms with E-state index in [4.69, 9.17) is 11.6 Å². The Kier molecular flexibility index (Phi) is 3.24. The number of nitrogens with zero attached hydrogens (tertiary/aromatic N) is 3. The lowest BCUT2D eigenvalue weighted by Gasteiger charge is -2.15. The van der Waals surface area contributed by atoms with E-state index < -0.39 is 0 Å². The van der Waals surface area contributed by atoms with Gasteiger partial charge < -0.3 is 5.32 Å². The summed E-state index contributed by atoms with van der Waals surface area (Å²) in [5.74, 6) is 0.748. The van der Waals surface area contributed by atoms with Crippen molar-refractivity contribution in [2.45, 2.75) is 32.7 Å². The SMILES string of the molecule is CCC(CC)Nc1nc(Cl)nc2[nH]ncc12. The number of rotatable bonds is 4. The Hall–Kier alpha value is -1.36. The molecule has 0 fully saturated rings. The summed E-state index contributed by atoms with van der Waals surface area (Å²) in [6.45, 7) is 4.27. The van der Waals surface area contributed by atoms with Gasteiger partial charge in [0.2, 0.25) is 5.28 Å². The largest absolute Gasteiger partial charge is 0.367 e. The molecule has 2 N–H and O–H groups in total. The van der Waals surface area contributed by atoms with Crippen molar-refractivity contribution < 1.29 is 0 Å². The van der Waals surface area contributed by atoms with Crippen molar-refractivity contribution in [3.63, 3.8) is 0 Å². The molecule has 0 saturated carbocycles. The minimum Gasteiger partial charge on any atom is -0.367 e. The lowest BCUT2D eigenvalue weighted by atomic mass is 10.2. The minimum atomic E-state index is 0.227. The van der Waals surface area contributed by atoms with E-state index >= 15 is 0 Å². The van der Waals surface area contributed by atoms with Gasteiger partial charge in [-0.1, -0.05) is 13.8 Å². The summed E-state index contributed by atoms with van der Waals surface area (Å²) < 4.78 is 0. The average Bonchev–Trinajstić information content (AvgIpc) is 2.73. The molecule has 5 nitrogen and oxygen atoms in total. The molecule has 0 saturated heterocycles. The van der Waals surface area contributed by atoms with Crippen molar-refractivity contribution in [2.24, 2.45) is 0 Å². The van der Waals surface area contributed by atoms with E-state index in [1.165, 1.54) is 0 Å². The maximum Gasteiger partial charge on any atom is 0.226 e. The summed E-state index contributed by atoms with van der Waals surface area (Å²) in [6.07, 6.45) is 3.78. The third-order valence-corrected chi connectivity index (χ3v) is 2.78. The molecule has 0 aromatic carbocycles. The van der Waals surface area contributed by atoms with Gasteiger partial charge in [0, 0.05) is 6.04 Å². The van der Waals surface area contributed by atoms with Crippen LogP contribution in [0.3, 0.4) is 0 Å². The molecule has 86 valence electrons. The molecule has 0 unspecified atom stereocenters. The first-order valence-corrected chi connectivity index (χ1v) is 5.75. The quantitative estimate of drug-likeness (QED) is 0.805. The van der Waals surface area contributed by atoms with E-state index in [1.54, 1.807) is 6.20 Å². The molecule has 2 rings (SSSR count). The highest BCUT2D eigenvalue weighted by Gasteiger charge is 2.11. The van der Waals surface area contributed by atoms with Crippen molar-refractivity contribution in [1.82, 2.24) is 20.2 Å². The summed E-state index contributed by atoms with van der Waals surface area (Å²) in [5.41, 5.74) is 0.661. The number of fused-ring (bicyclic) bond motifs is 1. The summed E-state index contributed by atoms with van der Waals surface area (Å²) in [5, 5.41) is 11.2. The van der Waals surface area contributed by atoms with Crippen LogP contribution in [0.1, 0.15) is 26.7 Å². The van der Waals surface area contributed by atoms with Crippen molar-refractivity contribution >= 4 is 28.5 Å². The molecule has 0 aliphatic carbocycles. The Labute approximate surface area is 98.6 Å². The maximum absolute atomic E-state index is 5.84. The van der Waals surface area contributed by atoms with Crippen LogP contribution in [0.15, 0.2) is 6.20 Å². The zero-order valence-corrected chi connectivity index (χ0v) is 10.0. The van der Waals surface area contributed by atoms with Gasteiger partial charge in [0.05, 0.1) is 11.6 Å². The van der Waals surface area contributed by atoms with Crippen molar-refractivity contribution in [3.05, 3.63) is 11.5 Å². The zero-order valence-electron chi connectivity index (χ0n) is 9.29. The van der Waals surface area contributed by atoms with Gasteiger partial charge in [-0.3, -0.25) is 5.10 Å². The van der Waals surface area contributed by atoms with E-state index in [0.717, 1.165) is 24.0 Å². The molecule has 6 heteroatoms. The van der Waals surface area contributed by atoms with Crippen LogP contribution >= 0.6 is 11.6 Å². The molecule has 0 atom stereocenters. The molecular weight excluding hydrogens is 226 g/mol. The van der Waals surface area contributed by atoms with E-state index in [2.05, 4.69) is 39.3 Å². The van der Waals surface area contributed by atoms with Gasteiger partial charge in [-0.05, 0) is 24.4 Å². The van der Waals surface area contributed by atoms with Crippen LogP contribution in [-0.2, 0) is 0 Å². The highest BCUT2D eigenvalue weighted by atomic mass is 35.5. The standard InChI is InChI=1S/C10H14ClN5/c1-3-6(4-2)13-8-7-5-12-16-9(7)15-10(11)14-8/h5-6H,3-4H2,1-2H3,(H2,12,13,14,15,16). The lowest BCUT2D eigenvalue weighted by Crippen LogP contribution is -2.18. The van der Waals surface area contributed by atoms with Crippen LogP contribution in [0, 0.1) is 0 Å². The first-order chi connectivity index (χ1) is 7.74. The van der Waals surface area contributed by atoms with Gasteiger partial charge >= 0.3 is 0 Å². The second-order valence-electron chi connectivity index (χ2n) is 3.63. The number of hydrogen-bond donors (Lipinski definition) is 2. The number of H-pyrrole nitrogens is 1. The van der Waals surface area contributed by atoms with E-state index in [-0.39, 0.29) is 5.28 Å². The first kappa shape index (κ1) is 11.1. The van der Waals surface area contributed by atoms with Crippen LogP contribution in [0.2, 0.25) is 5.28 Å². The van der Waals surface area contributed by atoms with Gasteiger partial charge in [0.25, 0.3) is 0 Å². The molecule has 0 radical (unpaired) electrons. The number of aromatic amines is 1. The molecular formula is C10H14ClN5. The third kappa shape index (κ3) is 2.09. The smallest absolute Gasteiger partial charge is 0.226 e. The molecule has 2 heterocycles. The summed E-state index contributed by atoms with van der Waals surface area (Å²) in [7, 11) is 0. The van der Waals surface area contributed by atoms with Crippen LogP contribution in [0.25, 0.3) is 11.0 Å². The molecule has 16 heavy (non-hydrogen) atoms. The Balaban J connectivity index is 2.38. The topological polar surface area (TPSA) is 66.5 Å². The number of halogens is 1. The predicted octanol–water partition coefficient (Wildman–Crippen LogP) is 2.61. The predicted molar refractivity (Wildman–Crippen MR) is 64.7 cm³/mol. The van der Waals surface area contributed by atoms with Gasteiger partial charge in [0.15, 0.2) is 5.65 Å². The normalized spacial score (nSPS) is 11.2. The first-order valence-electron chi connectivity index (χ1n) is 5.37. The monoisotopic (exact) mass is 239 g/mol. The van der Waals surface area contributed by atoms with Crippen LogP contribution < -0.4 is 5.32 Å². The molecule has 0 bridgehead atoms. The highest BCUT2D eigenvalue weighted by Crippen LogP contribution is 2.21. The second-order valence-corrected chi connectivity index (χ2v) is 3.97. The van der Waals surface area contributed by atoms with Gasteiger partial charge in [-0.2, -0.15) is 15.1 Å². The number of anilines is 1. The number of hydrogen-bond acceptors (Lipinski definition) is 4. The van der Waals surface area contributed by atoms with E-state index in [1.807, 2.05) is 0 Å². The van der Waals surface area contributed by atoms with Crippen LogP contribution in [0.5, 0.6) is 0 Å². The van der Waals surface area contributed by atoms with Gasteiger partial charge in [-0.15, -0.1) is 0 Å². The summed E-state index contributed by atoms with van der Waals surface area (Å²) in [4.78, 5) is 8.24. The van der Waals surface area contributed by atoms with Crippen molar-refractivity contribution in [2.75, 3.05) is 5.32 Å². The molecule has 2 aromatic rings. The van der Waals surface area contributed by atoms with Gasteiger partial charge in [-0.25, -0.2) is 0 Å². The maximum atomic E-state index is 5.84. The van der Waals surface area contributed by atoms with E-state index in [9.17, 15) is 0 Å². The number of aromatic nitrogens is 4. The fourth-order valence-corrected chi connectivity index (χ4v) is 1.77. The fraction of sp³-hybridized carbons (Fsp3) is 0.500. The highest BCUT2D eigenvalue weighted by molar-refractivity contribution is 6.28. The summed E-state index contributed by atoms with van der Waals surface area (Å²) in [6, 6.07) is 0.393. The van der Waals surface area contributed by atoms with Crippen LogP contribution in [-0.4, -0.2) is 26.2 Å². The van der Waals surface area contributed by atoms with Gasteiger partial charge in [0.1, 0.15) is 5.82 Å². The Morgan fingerprint density at radius 1 is 1.38 bits per heavy atom. The van der Waals surface area contributed by atoms with Crippen LogP contribution in [0.4, 0.5) is 5.82 Å². The molecule has 0 spiro atoms. The Morgan fingerprint density at radius 3 is 2.81 bits per heavy atom. The molecule has 0 amide bonds. The Morgan fingerprint density at radius 2 is 2.12 bits per heavy atom. The minimum absolute atomic E-state index is 0.227. The number of nitrogens with one attached hydrogen (secondary N) is 2. The fourth-order valence-electron chi connectivity index (χ4n) is 1.60. The molecule has 2 aromatic heterocycles. The summed E-state index contributed by atoms with van der Waals surface area (Å²) >= 11 is 5.84. The second kappa shape index (κ2) is 4.65. The zero-order chi connectivity index (χ0) is 11.5. The van der Waals surface area contributed by atoms with Crippen molar-refractivity contribution in [1.29, 1.82) is 0 Å². The Bertz CT molecular complexity index is 477.